The van der Waals surface area contributed by atoms with Crippen LogP contribution in [0.2, 0.25) is 0 Å². The van der Waals surface area contributed by atoms with Gasteiger partial charge in [-0.1, -0.05) is 49.6 Å². The molecule has 0 atom stereocenters. The summed E-state index contributed by atoms with van der Waals surface area (Å²) in [4.78, 5) is 16.3. The largest absolute Gasteiger partial charge is 0.379 e. The average Bonchev–Trinajstić information content (AvgIpc) is 3.19. The van der Waals surface area contributed by atoms with Crippen LogP contribution in [-0.2, 0) is 11.3 Å². The minimum atomic E-state index is 0.804. The van der Waals surface area contributed by atoms with Gasteiger partial charge in [0.05, 0.1) is 25.1 Å². The Labute approximate surface area is 182 Å². The lowest BCUT2D eigenvalue weighted by molar-refractivity contribution is 0.0331. The SMILES string of the molecule is c1ccc(-c2csc3nc(CN4CCOCC4)nc(N4CCCCCCC4)c23)cc1. The predicted octanol–water partition coefficient (Wildman–Crippen LogP) is 4.96. The van der Waals surface area contributed by atoms with Crippen molar-refractivity contribution in [2.24, 2.45) is 0 Å². The van der Waals surface area contributed by atoms with Crippen LogP contribution in [-0.4, -0.2) is 54.3 Å². The van der Waals surface area contributed by atoms with Crippen LogP contribution in [0, 0.1) is 0 Å². The highest BCUT2D eigenvalue weighted by Gasteiger charge is 2.22. The third-order valence-corrected chi connectivity index (χ3v) is 7.04. The van der Waals surface area contributed by atoms with Gasteiger partial charge in [-0.05, 0) is 18.4 Å². The molecule has 5 nitrogen and oxygen atoms in total. The summed E-state index contributed by atoms with van der Waals surface area (Å²) >= 11 is 1.75. The van der Waals surface area contributed by atoms with E-state index in [9.17, 15) is 0 Å². The number of thiophene rings is 1. The summed E-state index contributed by atoms with van der Waals surface area (Å²) < 4.78 is 5.52. The zero-order valence-electron chi connectivity index (χ0n) is 17.6. The Kier molecular flexibility index (Phi) is 6.25. The molecule has 5 rings (SSSR count). The van der Waals surface area contributed by atoms with Gasteiger partial charge < -0.3 is 9.64 Å². The molecule has 0 radical (unpaired) electrons. The highest BCUT2D eigenvalue weighted by Crippen LogP contribution is 2.39. The second kappa shape index (κ2) is 9.41. The Bertz CT molecular complexity index is 960. The van der Waals surface area contributed by atoms with Gasteiger partial charge in [0.25, 0.3) is 0 Å². The molecule has 0 aliphatic carbocycles. The fraction of sp³-hybridized carbons (Fsp3) is 0.500. The zero-order chi connectivity index (χ0) is 20.2. The lowest BCUT2D eigenvalue weighted by Gasteiger charge is -2.28. The molecule has 0 spiro atoms. The van der Waals surface area contributed by atoms with E-state index in [1.165, 1.54) is 48.6 Å². The van der Waals surface area contributed by atoms with Crippen LogP contribution in [0.25, 0.3) is 21.3 Å². The number of ether oxygens (including phenoxy) is 1. The minimum Gasteiger partial charge on any atom is -0.379 e. The summed E-state index contributed by atoms with van der Waals surface area (Å²) in [6, 6.07) is 10.7. The van der Waals surface area contributed by atoms with Crippen LogP contribution in [0.1, 0.15) is 37.9 Å². The van der Waals surface area contributed by atoms with Crippen molar-refractivity contribution in [3.63, 3.8) is 0 Å². The van der Waals surface area contributed by atoms with Crippen LogP contribution >= 0.6 is 11.3 Å². The van der Waals surface area contributed by atoms with Crippen molar-refractivity contribution in [1.29, 1.82) is 0 Å². The topological polar surface area (TPSA) is 41.5 Å². The van der Waals surface area contributed by atoms with E-state index >= 15 is 0 Å². The molecule has 0 amide bonds. The summed E-state index contributed by atoms with van der Waals surface area (Å²) in [6.45, 7) is 6.51. The molecule has 2 aliphatic heterocycles. The molecule has 158 valence electrons. The molecule has 0 N–H and O–H groups in total. The van der Waals surface area contributed by atoms with Crippen LogP contribution < -0.4 is 4.90 Å². The number of nitrogens with zero attached hydrogens (tertiary/aromatic N) is 4. The van der Waals surface area contributed by atoms with Gasteiger partial charge in [0.1, 0.15) is 16.5 Å². The number of morpholine rings is 1. The van der Waals surface area contributed by atoms with Gasteiger partial charge in [-0.15, -0.1) is 11.3 Å². The van der Waals surface area contributed by atoms with Crippen LogP contribution in [0.5, 0.6) is 0 Å². The Morgan fingerprint density at radius 1 is 0.867 bits per heavy atom. The summed E-state index contributed by atoms with van der Waals surface area (Å²) in [7, 11) is 0. The maximum Gasteiger partial charge on any atom is 0.146 e. The van der Waals surface area contributed by atoms with E-state index < -0.39 is 0 Å². The third kappa shape index (κ3) is 4.36. The molecule has 2 fully saturated rings. The third-order valence-electron chi connectivity index (χ3n) is 6.17. The van der Waals surface area contributed by atoms with Crippen molar-refractivity contribution in [3.8, 4) is 11.1 Å². The van der Waals surface area contributed by atoms with E-state index in [1.54, 1.807) is 11.3 Å². The molecule has 6 heteroatoms. The molecule has 3 aromatic rings. The first kappa shape index (κ1) is 19.9. The number of benzene rings is 1. The molecular formula is C24H30N4OS. The highest BCUT2D eigenvalue weighted by molar-refractivity contribution is 7.17. The number of rotatable bonds is 4. The molecule has 2 aliphatic rings. The van der Waals surface area contributed by atoms with E-state index in [0.29, 0.717) is 0 Å². The monoisotopic (exact) mass is 422 g/mol. The Balaban J connectivity index is 1.57. The van der Waals surface area contributed by atoms with Crippen molar-refractivity contribution in [2.75, 3.05) is 44.3 Å². The molecule has 4 heterocycles. The Hall–Kier alpha value is -2.02. The van der Waals surface area contributed by atoms with Crippen molar-refractivity contribution in [2.45, 2.75) is 38.6 Å². The summed E-state index contributed by atoms with van der Waals surface area (Å²) in [5.74, 6) is 2.09. The van der Waals surface area contributed by atoms with Crippen molar-refractivity contribution < 1.29 is 4.74 Å². The molecule has 0 saturated carbocycles. The number of hydrogen-bond acceptors (Lipinski definition) is 6. The van der Waals surface area contributed by atoms with Gasteiger partial charge in [0.15, 0.2) is 0 Å². The first-order valence-electron chi connectivity index (χ1n) is 11.3. The molecule has 2 aromatic heterocycles. The standard InChI is InChI=1S/C24H30N4OS/c1-2-7-11-28(12-8-3-1)23-22-20(19-9-5-4-6-10-19)18-30-24(22)26-21(25-23)17-27-13-15-29-16-14-27/h4-6,9-10,18H,1-3,7-8,11-17H2. The molecule has 1 aromatic carbocycles. The van der Waals surface area contributed by atoms with Crippen molar-refractivity contribution >= 4 is 27.4 Å². The van der Waals surface area contributed by atoms with Gasteiger partial charge >= 0.3 is 0 Å². The quantitative estimate of drug-likeness (QED) is 0.594. The fourth-order valence-electron chi connectivity index (χ4n) is 4.51. The van der Waals surface area contributed by atoms with E-state index in [1.807, 2.05) is 0 Å². The predicted molar refractivity (Wildman–Crippen MR) is 124 cm³/mol. The number of hydrogen-bond donors (Lipinski definition) is 0. The normalized spacial score (nSPS) is 19.0. The fourth-order valence-corrected chi connectivity index (χ4v) is 5.48. The summed E-state index contributed by atoms with van der Waals surface area (Å²) in [6.07, 6.45) is 6.49. The van der Waals surface area contributed by atoms with Crippen LogP contribution in [0.15, 0.2) is 35.7 Å². The van der Waals surface area contributed by atoms with Crippen LogP contribution in [0.4, 0.5) is 5.82 Å². The molecule has 2 saturated heterocycles. The van der Waals surface area contributed by atoms with E-state index in [0.717, 1.165) is 62.4 Å². The van der Waals surface area contributed by atoms with Crippen molar-refractivity contribution in [1.82, 2.24) is 14.9 Å². The minimum absolute atomic E-state index is 0.804. The van der Waals surface area contributed by atoms with Gasteiger partial charge in [0.2, 0.25) is 0 Å². The molecule has 0 bridgehead atoms. The second-order valence-corrected chi connectivity index (χ2v) is 9.16. The van der Waals surface area contributed by atoms with Gasteiger partial charge in [-0.3, -0.25) is 4.90 Å². The molecule has 0 unspecified atom stereocenters. The number of fused-ring (bicyclic) bond motifs is 1. The molecular weight excluding hydrogens is 392 g/mol. The maximum atomic E-state index is 5.52. The summed E-state index contributed by atoms with van der Waals surface area (Å²) in [5, 5.41) is 3.50. The Morgan fingerprint density at radius 3 is 2.37 bits per heavy atom. The first-order valence-corrected chi connectivity index (χ1v) is 12.1. The highest BCUT2D eigenvalue weighted by atomic mass is 32.1. The first-order chi connectivity index (χ1) is 14.9. The van der Waals surface area contributed by atoms with Crippen LogP contribution in [0.3, 0.4) is 0 Å². The summed E-state index contributed by atoms with van der Waals surface area (Å²) in [5.41, 5.74) is 2.52. The van der Waals surface area contributed by atoms with Gasteiger partial charge in [0, 0.05) is 37.1 Å². The van der Waals surface area contributed by atoms with Gasteiger partial charge in [-0.2, -0.15) is 0 Å². The van der Waals surface area contributed by atoms with E-state index in [2.05, 4.69) is 45.5 Å². The van der Waals surface area contributed by atoms with E-state index in [-0.39, 0.29) is 0 Å². The van der Waals surface area contributed by atoms with Crippen molar-refractivity contribution in [3.05, 3.63) is 41.5 Å². The maximum absolute atomic E-state index is 5.52. The lowest BCUT2D eigenvalue weighted by Crippen LogP contribution is -2.36. The lowest BCUT2D eigenvalue weighted by atomic mass is 10.0. The zero-order valence-corrected chi connectivity index (χ0v) is 18.4. The Morgan fingerprint density at radius 2 is 1.60 bits per heavy atom. The molecule has 30 heavy (non-hydrogen) atoms. The van der Waals surface area contributed by atoms with Gasteiger partial charge in [-0.25, -0.2) is 9.97 Å². The number of aromatic nitrogens is 2. The average molecular weight is 423 g/mol. The van der Waals surface area contributed by atoms with E-state index in [4.69, 9.17) is 14.7 Å². The number of anilines is 1. The smallest absolute Gasteiger partial charge is 0.146 e. The second-order valence-electron chi connectivity index (χ2n) is 8.30.